The summed E-state index contributed by atoms with van der Waals surface area (Å²) in [5, 5.41) is 10.7. The van der Waals surface area contributed by atoms with E-state index in [0.717, 1.165) is 31.4 Å². The number of aliphatic imine (C=N–C) groups is 2. The average Bonchev–Trinajstić information content (AvgIpc) is 2.41. The van der Waals surface area contributed by atoms with Crippen LogP contribution in [0.3, 0.4) is 0 Å². The van der Waals surface area contributed by atoms with Crippen LogP contribution in [0.5, 0.6) is 0 Å². The minimum Gasteiger partial charge on any atom is -0.379 e. The Bertz CT molecular complexity index is 374. The molecule has 3 aliphatic rings. The first-order valence-corrected chi connectivity index (χ1v) is 5.90. The van der Waals surface area contributed by atoms with Crippen molar-refractivity contribution in [3.8, 4) is 0 Å². The van der Waals surface area contributed by atoms with Gasteiger partial charge in [0.1, 0.15) is 18.3 Å². The predicted octanol–water partition coefficient (Wildman–Crippen LogP) is -0.0377. The molecular weight excluding hydrogens is 220 g/mol. The number of nitrogens with zero attached hydrogens (tertiary/aromatic N) is 4. The number of hydrogen-bond donors (Lipinski definition) is 1. The maximum Gasteiger partial charge on any atom is 0.141 e. The summed E-state index contributed by atoms with van der Waals surface area (Å²) in [6.07, 6.45) is 5.60. The Kier molecular flexibility index (Phi) is 2.92. The molecule has 2 atom stereocenters. The molecule has 0 aliphatic carbocycles. The zero-order valence-corrected chi connectivity index (χ0v) is 9.57. The monoisotopic (exact) mass is 236 g/mol. The largest absolute Gasteiger partial charge is 0.379 e. The first-order chi connectivity index (χ1) is 8.36. The van der Waals surface area contributed by atoms with Crippen LogP contribution in [0.4, 0.5) is 0 Å². The highest BCUT2D eigenvalue weighted by atomic mass is 16.5. The molecule has 6 nitrogen and oxygen atoms in total. The second-order valence-corrected chi connectivity index (χ2v) is 4.32. The van der Waals surface area contributed by atoms with Crippen molar-refractivity contribution in [2.24, 2.45) is 15.9 Å². The van der Waals surface area contributed by atoms with Gasteiger partial charge in [0, 0.05) is 13.1 Å². The normalized spacial score (nSPS) is 33.5. The molecule has 1 fully saturated rings. The second-order valence-electron chi connectivity index (χ2n) is 4.32. The summed E-state index contributed by atoms with van der Waals surface area (Å²) in [5.41, 5.74) is 0. The van der Waals surface area contributed by atoms with E-state index < -0.39 is 0 Å². The lowest BCUT2D eigenvalue weighted by Crippen LogP contribution is -2.53. The van der Waals surface area contributed by atoms with Crippen LogP contribution < -0.4 is 0 Å². The third-order valence-electron chi connectivity index (χ3n) is 3.30. The van der Waals surface area contributed by atoms with Crippen LogP contribution in [-0.4, -0.2) is 66.4 Å². The Morgan fingerprint density at radius 3 is 3.00 bits per heavy atom. The minimum atomic E-state index is 0.0394. The van der Waals surface area contributed by atoms with Crippen molar-refractivity contribution in [3.63, 3.8) is 0 Å². The SMILES string of the molecule is ON1C=NC(N2CCOCC2)C2C=CCN=C21. The molecule has 1 saturated heterocycles. The molecule has 3 aliphatic heterocycles. The van der Waals surface area contributed by atoms with Crippen LogP contribution in [-0.2, 0) is 4.74 Å². The summed E-state index contributed by atoms with van der Waals surface area (Å²) in [6.45, 7) is 3.89. The second kappa shape index (κ2) is 4.56. The summed E-state index contributed by atoms with van der Waals surface area (Å²) < 4.78 is 5.35. The van der Waals surface area contributed by atoms with Crippen LogP contribution in [0.1, 0.15) is 0 Å². The van der Waals surface area contributed by atoms with E-state index in [9.17, 15) is 5.21 Å². The molecular formula is C11H16N4O2. The number of amidine groups is 1. The fourth-order valence-electron chi connectivity index (χ4n) is 2.45. The Hall–Kier alpha value is -1.24. The van der Waals surface area contributed by atoms with E-state index in [0.29, 0.717) is 12.4 Å². The standard InChI is InChI=1S/C11H16N4O2/c16-15-8-13-10(14-4-6-17-7-5-14)9-2-1-3-12-11(9)15/h1-2,8-10,16H,3-7H2. The van der Waals surface area contributed by atoms with E-state index in [1.165, 1.54) is 6.34 Å². The molecule has 17 heavy (non-hydrogen) atoms. The molecule has 0 aromatic carbocycles. The van der Waals surface area contributed by atoms with Gasteiger partial charge in [0.25, 0.3) is 0 Å². The molecule has 3 rings (SSSR count). The van der Waals surface area contributed by atoms with E-state index in [1.54, 1.807) is 0 Å². The van der Waals surface area contributed by atoms with Gasteiger partial charge >= 0.3 is 0 Å². The molecule has 2 unspecified atom stereocenters. The fraction of sp³-hybridized carbons (Fsp3) is 0.636. The maximum atomic E-state index is 9.70. The predicted molar refractivity (Wildman–Crippen MR) is 63.2 cm³/mol. The van der Waals surface area contributed by atoms with Gasteiger partial charge in [-0.1, -0.05) is 12.2 Å². The first kappa shape index (κ1) is 10.9. The lowest BCUT2D eigenvalue weighted by Gasteiger charge is -2.39. The van der Waals surface area contributed by atoms with Crippen molar-refractivity contribution >= 4 is 12.2 Å². The number of fused-ring (bicyclic) bond motifs is 1. The maximum absolute atomic E-state index is 9.70. The number of dihydropyridines is 1. The summed E-state index contributed by atoms with van der Waals surface area (Å²) in [7, 11) is 0. The smallest absolute Gasteiger partial charge is 0.141 e. The van der Waals surface area contributed by atoms with E-state index >= 15 is 0 Å². The number of morpholine rings is 1. The number of rotatable bonds is 1. The molecule has 6 heteroatoms. The van der Waals surface area contributed by atoms with Crippen molar-refractivity contribution in [3.05, 3.63) is 12.2 Å². The van der Waals surface area contributed by atoms with Gasteiger partial charge < -0.3 is 4.74 Å². The molecule has 0 saturated carbocycles. The molecule has 3 heterocycles. The highest BCUT2D eigenvalue weighted by Crippen LogP contribution is 2.24. The molecule has 0 spiro atoms. The molecule has 92 valence electrons. The molecule has 0 aromatic rings. The van der Waals surface area contributed by atoms with Crippen LogP contribution in [0.25, 0.3) is 0 Å². The lowest BCUT2D eigenvalue weighted by atomic mass is 9.99. The summed E-state index contributed by atoms with van der Waals surface area (Å²) in [4.78, 5) is 11.0. The van der Waals surface area contributed by atoms with Gasteiger partial charge in [0.15, 0.2) is 0 Å². The average molecular weight is 236 g/mol. The first-order valence-electron chi connectivity index (χ1n) is 5.90. The molecule has 0 amide bonds. The molecule has 0 aromatic heterocycles. The fourth-order valence-corrected chi connectivity index (χ4v) is 2.45. The van der Waals surface area contributed by atoms with E-state index in [-0.39, 0.29) is 12.1 Å². The van der Waals surface area contributed by atoms with Gasteiger partial charge in [-0.15, -0.1) is 0 Å². The van der Waals surface area contributed by atoms with Crippen LogP contribution in [0.15, 0.2) is 22.1 Å². The van der Waals surface area contributed by atoms with Crippen LogP contribution in [0.2, 0.25) is 0 Å². The van der Waals surface area contributed by atoms with Crippen LogP contribution >= 0.6 is 0 Å². The van der Waals surface area contributed by atoms with E-state index in [4.69, 9.17) is 4.74 Å². The molecule has 1 N–H and O–H groups in total. The van der Waals surface area contributed by atoms with E-state index in [1.807, 2.05) is 6.08 Å². The summed E-state index contributed by atoms with van der Waals surface area (Å²) >= 11 is 0. The van der Waals surface area contributed by atoms with Gasteiger partial charge in [0.2, 0.25) is 0 Å². The van der Waals surface area contributed by atoms with Crippen molar-refractivity contribution in [1.82, 2.24) is 9.96 Å². The highest BCUT2D eigenvalue weighted by molar-refractivity contribution is 5.96. The summed E-state index contributed by atoms with van der Waals surface area (Å²) in [5.74, 6) is 0.746. The van der Waals surface area contributed by atoms with Gasteiger partial charge in [-0.3, -0.25) is 20.1 Å². The Morgan fingerprint density at radius 2 is 2.18 bits per heavy atom. The number of hydroxylamine groups is 2. The zero-order chi connectivity index (χ0) is 11.7. The Balaban J connectivity index is 1.84. The highest BCUT2D eigenvalue weighted by Gasteiger charge is 2.35. The van der Waals surface area contributed by atoms with Gasteiger partial charge in [-0.05, 0) is 0 Å². The van der Waals surface area contributed by atoms with Gasteiger partial charge in [0.05, 0.1) is 25.7 Å². The zero-order valence-electron chi connectivity index (χ0n) is 9.57. The number of hydrogen-bond acceptors (Lipinski definition) is 6. The van der Waals surface area contributed by atoms with Crippen molar-refractivity contribution < 1.29 is 9.94 Å². The van der Waals surface area contributed by atoms with Gasteiger partial charge in [-0.2, -0.15) is 5.06 Å². The quantitative estimate of drug-likeness (QED) is 0.649. The Morgan fingerprint density at radius 1 is 1.35 bits per heavy atom. The van der Waals surface area contributed by atoms with E-state index in [2.05, 4.69) is 21.0 Å². The van der Waals surface area contributed by atoms with Crippen LogP contribution in [0, 0.1) is 5.92 Å². The van der Waals surface area contributed by atoms with Crippen molar-refractivity contribution in [2.75, 3.05) is 32.8 Å². The topological polar surface area (TPSA) is 60.7 Å². The summed E-state index contributed by atoms with van der Waals surface area (Å²) in [6, 6.07) is 0. The van der Waals surface area contributed by atoms with Gasteiger partial charge in [-0.25, -0.2) is 0 Å². The molecule has 0 bridgehead atoms. The van der Waals surface area contributed by atoms with Crippen molar-refractivity contribution in [2.45, 2.75) is 6.17 Å². The third kappa shape index (κ3) is 1.99. The third-order valence-corrected chi connectivity index (χ3v) is 3.30. The Labute approximate surface area is 99.9 Å². The minimum absolute atomic E-state index is 0.0394. The lowest BCUT2D eigenvalue weighted by molar-refractivity contribution is 0.00325. The molecule has 0 radical (unpaired) electrons. The number of ether oxygens (including phenoxy) is 1. The van der Waals surface area contributed by atoms with Crippen molar-refractivity contribution in [1.29, 1.82) is 0 Å².